The van der Waals surface area contributed by atoms with Gasteiger partial charge in [0.05, 0.1) is 37.0 Å². The Labute approximate surface area is 394 Å². The van der Waals surface area contributed by atoms with Crippen molar-refractivity contribution in [1.29, 1.82) is 0 Å². The fourth-order valence-corrected chi connectivity index (χ4v) is 7.24. The fraction of sp³-hybridized carbons (Fsp3) is 0.100. The molecule has 6 N–H and O–H groups in total. The fourth-order valence-electron chi connectivity index (χ4n) is 5.82. The van der Waals surface area contributed by atoms with Crippen molar-refractivity contribution in [2.75, 3.05) is 30.6 Å². The normalized spacial score (nSPS) is 11.5. The summed E-state index contributed by atoms with van der Waals surface area (Å²) in [6, 6.07) is 25.0. The van der Waals surface area contributed by atoms with Crippen LogP contribution in [-0.4, -0.2) is 111 Å². The summed E-state index contributed by atoms with van der Waals surface area (Å²) in [6.45, 7) is 3.47. The van der Waals surface area contributed by atoms with Crippen LogP contribution in [0.25, 0.3) is 10.8 Å². The van der Waals surface area contributed by atoms with Crippen LogP contribution in [0.15, 0.2) is 133 Å². The molecule has 0 spiro atoms. The zero-order valence-corrected chi connectivity index (χ0v) is 39.3. The predicted molar refractivity (Wildman–Crippen MR) is 232 cm³/mol. The zero-order chi connectivity index (χ0) is 42.6. The second kappa shape index (κ2) is 20.2. The second-order valence-corrected chi connectivity index (χ2v) is 15.7. The molecule has 0 heterocycles. The van der Waals surface area contributed by atoms with E-state index in [1.54, 1.807) is 74.5 Å². The number of nitrogens with two attached hydrogens (primary N) is 1. The number of fused-ring (bicyclic) bond motifs is 1. The van der Waals surface area contributed by atoms with Gasteiger partial charge in [-0.2, -0.15) is 32.2 Å². The molecular weight excluding hydrogens is 849 g/mol. The van der Waals surface area contributed by atoms with Crippen molar-refractivity contribution in [2.24, 2.45) is 20.5 Å². The Hall–Kier alpha value is -5.06. The van der Waals surface area contributed by atoms with Crippen LogP contribution < -0.4 is 25.8 Å². The number of nitrogen functional groups attached to an aromatic ring is 1. The first-order valence-electron chi connectivity index (χ1n) is 17.3. The first-order chi connectivity index (χ1) is 27.9. The molecule has 2 radical (unpaired) electrons. The summed E-state index contributed by atoms with van der Waals surface area (Å²) in [5.74, 6) is -0.260. The summed E-state index contributed by atoms with van der Waals surface area (Å²) in [5.41, 5.74) is 9.91. The van der Waals surface area contributed by atoms with Gasteiger partial charge >= 0.3 is 0 Å². The molecule has 6 rings (SSSR count). The van der Waals surface area contributed by atoms with Crippen LogP contribution in [0.2, 0.25) is 0 Å². The SMILES string of the molecule is COc1cc(NC(=O)c2ccc(NC(=O)c3ccc(N)cc3)cc2)c(OC)cc1N=Nc1cc(C)c(N=Nc2cc(S(=O)(=O)O)c3cccc(S(=O)(=O)O)c3c2)cc1C.[Na].[Na]. The molecule has 0 bridgehead atoms. The number of methoxy groups -OCH3 is 2. The van der Waals surface area contributed by atoms with Crippen LogP contribution in [0.3, 0.4) is 0 Å². The molecule has 0 unspecified atom stereocenters. The quantitative estimate of drug-likeness (QED) is 0.0339. The number of ether oxygens (including phenoxy) is 2. The first kappa shape index (κ1) is 48.6. The summed E-state index contributed by atoms with van der Waals surface area (Å²) in [7, 11) is -6.75. The van der Waals surface area contributed by atoms with Crippen molar-refractivity contribution >= 4 is 142 Å². The van der Waals surface area contributed by atoms with E-state index >= 15 is 0 Å². The molecule has 0 aliphatic rings. The molecule has 2 amide bonds. The molecule has 0 aliphatic carbocycles. The minimum Gasteiger partial charge on any atom is -0.494 e. The average molecular weight is 884 g/mol. The Balaban J connectivity index is 0.00000410. The number of anilines is 3. The number of azo groups is 2. The average Bonchev–Trinajstić information content (AvgIpc) is 3.19. The number of carbonyl (C=O) groups excluding carboxylic acids is 2. The molecule has 21 heteroatoms. The van der Waals surface area contributed by atoms with Crippen LogP contribution in [0, 0.1) is 13.8 Å². The third kappa shape index (κ3) is 11.7. The van der Waals surface area contributed by atoms with Gasteiger partial charge in [0, 0.05) is 105 Å². The van der Waals surface area contributed by atoms with E-state index in [0.717, 1.165) is 12.1 Å². The maximum atomic E-state index is 13.2. The van der Waals surface area contributed by atoms with E-state index in [0.29, 0.717) is 50.7 Å². The van der Waals surface area contributed by atoms with Crippen molar-refractivity contribution in [1.82, 2.24) is 0 Å². The Kier molecular flexibility index (Phi) is 16.1. The smallest absolute Gasteiger partial charge is 0.295 e. The van der Waals surface area contributed by atoms with Crippen LogP contribution in [0.4, 0.5) is 39.8 Å². The molecule has 61 heavy (non-hydrogen) atoms. The summed E-state index contributed by atoms with van der Waals surface area (Å²) in [5, 5.41) is 22.3. The molecule has 0 fully saturated rings. The van der Waals surface area contributed by atoms with Gasteiger partial charge in [0.1, 0.15) is 27.0 Å². The Morgan fingerprint density at radius 1 is 0.590 bits per heavy atom. The summed E-state index contributed by atoms with van der Waals surface area (Å²) in [4.78, 5) is 24.6. The van der Waals surface area contributed by atoms with Crippen molar-refractivity contribution < 1.29 is 45.0 Å². The van der Waals surface area contributed by atoms with Gasteiger partial charge in [-0.15, -0.1) is 5.11 Å². The van der Waals surface area contributed by atoms with Gasteiger partial charge in [0.25, 0.3) is 32.1 Å². The van der Waals surface area contributed by atoms with Crippen molar-refractivity contribution in [2.45, 2.75) is 23.6 Å². The van der Waals surface area contributed by atoms with Gasteiger partial charge in [-0.05, 0) is 104 Å². The van der Waals surface area contributed by atoms with E-state index in [4.69, 9.17) is 15.2 Å². The van der Waals surface area contributed by atoms with Gasteiger partial charge in [-0.1, -0.05) is 12.1 Å². The van der Waals surface area contributed by atoms with E-state index in [-0.39, 0.29) is 98.7 Å². The number of nitrogens with zero attached hydrogens (tertiary/aromatic N) is 4. The summed E-state index contributed by atoms with van der Waals surface area (Å²) < 4.78 is 79.2. The second-order valence-electron chi connectivity index (χ2n) is 12.9. The number of aryl methyl sites for hydroxylation is 2. The molecule has 304 valence electrons. The third-order valence-electron chi connectivity index (χ3n) is 8.84. The van der Waals surface area contributed by atoms with Crippen molar-refractivity contribution in [3.05, 3.63) is 125 Å². The van der Waals surface area contributed by atoms with Crippen molar-refractivity contribution in [3.8, 4) is 11.5 Å². The Morgan fingerprint density at radius 3 is 1.67 bits per heavy atom. The minimum absolute atomic E-state index is 0. The van der Waals surface area contributed by atoms with E-state index in [9.17, 15) is 35.5 Å². The van der Waals surface area contributed by atoms with Crippen LogP contribution in [0.1, 0.15) is 31.8 Å². The molecule has 17 nitrogen and oxygen atoms in total. The largest absolute Gasteiger partial charge is 0.494 e. The standard InChI is InChI=1S/C40H35N7O10S2.2Na/c1-22-17-32(23(2)16-31(22)45-44-28-18-30-29(38(19-28)59(53,54)55)6-5-7-37(30)58(50,51)52)46-47-34-21-35(56-3)33(20-36(34)57-4)43-40(49)25-10-14-27(15-11-25)42-39(48)24-8-12-26(41)13-9-24;;/h5-21H,41H2,1-4H3,(H,42,48)(H,43,49)(H,50,51,52)(H,53,54,55);;. The van der Waals surface area contributed by atoms with Gasteiger partial charge in [0.2, 0.25) is 0 Å². The molecule has 0 aliphatic heterocycles. The molecule has 6 aromatic rings. The molecule has 6 aromatic carbocycles. The van der Waals surface area contributed by atoms with E-state index in [2.05, 4.69) is 31.1 Å². The number of carbonyl (C=O) groups is 2. The Bertz CT molecular complexity index is 2930. The van der Waals surface area contributed by atoms with Gasteiger partial charge in [-0.25, -0.2) is 0 Å². The third-order valence-corrected chi connectivity index (χ3v) is 10.6. The van der Waals surface area contributed by atoms with Gasteiger partial charge < -0.3 is 25.8 Å². The maximum Gasteiger partial charge on any atom is 0.295 e. The number of rotatable bonds is 12. The first-order valence-corrected chi connectivity index (χ1v) is 20.1. The van der Waals surface area contributed by atoms with Crippen LogP contribution in [0.5, 0.6) is 11.5 Å². The van der Waals surface area contributed by atoms with Gasteiger partial charge in [0.15, 0.2) is 0 Å². The number of hydrogen-bond donors (Lipinski definition) is 5. The van der Waals surface area contributed by atoms with Crippen LogP contribution >= 0.6 is 0 Å². The van der Waals surface area contributed by atoms with E-state index in [1.165, 1.54) is 44.6 Å². The number of hydrogen-bond acceptors (Lipinski definition) is 13. The maximum absolute atomic E-state index is 13.2. The van der Waals surface area contributed by atoms with E-state index in [1.807, 2.05) is 0 Å². The summed E-state index contributed by atoms with van der Waals surface area (Å²) in [6.07, 6.45) is 0. The predicted octanol–water partition coefficient (Wildman–Crippen LogP) is 8.12. The molecular formula is C40H35N7Na2O10S2. The minimum atomic E-state index is -4.84. The van der Waals surface area contributed by atoms with E-state index < -0.39 is 35.9 Å². The molecule has 0 aromatic heterocycles. The monoisotopic (exact) mass is 883 g/mol. The van der Waals surface area contributed by atoms with Crippen molar-refractivity contribution in [3.63, 3.8) is 0 Å². The zero-order valence-electron chi connectivity index (χ0n) is 33.7. The molecule has 0 saturated carbocycles. The summed E-state index contributed by atoms with van der Waals surface area (Å²) >= 11 is 0. The molecule has 0 saturated heterocycles. The number of benzene rings is 6. The number of nitrogens with one attached hydrogen (secondary N) is 2. The topological polar surface area (TPSA) is 261 Å². The number of amides is 2. The molecule has 0 atom stereocenters. The van der Waals surface area contributed by atoms with Crippen LogP contribution in [-0.2, 0) is 20.2 Å². The Morgan fingerprint density at radius 2 is 1.11 bits per heavy atom. The van der Waals surface area contributed by atoms with Gasteiger partial charge in [-0.3, -0.25) is 18.7 Å².